The van der Waals surface area contributed by atoms with Crippen LogP contribution in [0.15, 0.2) is 18.2 Å². The minimum atomic E-state index is -0.856. The lowest BCUT2D eigenvalue weighted by atomic mass is 9.97. The molecule has 0 aliphatic heterocycles. The van der Waals surface area contributed by atoms with Gasteiger partial charge in [0.1, 0.15) is 0 Å². The Hall–Kier alpha value is -0.290. The van der Waals surface area contributed by atoms with Crippen LogP contribution in [-0.2, 0) is 5.60 Å². The topological polar surface area (TPSA) is 46.2 Å². The molecule has 0 aliphatic rings. The van der Waals surface area contributed by atoms with Crippen LogP contribution in [0.5, 0.6) is 0 Å². The third kappa shape index (κ3) is 2.10. The fourth-order valence-electron chi connectivity index (χ4n) is 1.06. The first-order valence-electron chi connectivity index (χ1n) is 3.69. The molecular weight excluding hydrogens is 265 g/mol. The van der Waals surface area contributed by atoms with Gasteiger partial charge in [-0.15, -0.1) is 0 Å². The van der Waals surface area contributed by atoms with Crippen LogP contribution in [0.2, 0.25) is 0 Å². The van der Waals surface area contributed by atoms with Crippen LogP contribution in [0, 0.1) is 3.57 Å². The van der Waals surface area contributed by atoms with E-state index in [1.54, 1.807) is 13.8 Å². The highest BCUT2D eigenvalue weighted by atomic mass is 127. The number of anilines is 1. The summed E-state index contributed by atoms with van der Waals surface area (Å²) in [5, 5.41) is 9.71. The van der Waals surface area contributed by atoms with E-state index in [1.807, 2.05) is 18.2 Å². The Balaban J connectivity index is 3.23. The van der Waals surface area contributed by atoms with Gasteiger partial charge in [0.25, 0.3) is 0 Å². The number of benzene rings is 1. The number of halogens is 1. The van der Waals surface area contributed by atoms with E-state index >= 15 is 0 Å². The molecule has 0 amide bonds. The molecule has 2 nitrogen and oxygen atoms in total. The Morgan fingerprint density at radius 3 is 2.42 bits per heavy atom. The van der Waals surface area contributed by atoms with Crippen molar-refractivity contribution in [3.8, 4) is 0 Å². The van der Waals surface area contributed by atoms with Gasteiger partial charge in [0.15, 0.2) is 0 Å². The molecule has 0 atom stereocenters. The van der Waals surface area contributed by atoms with Gasteiger partial charge >= 0.3 is 0 Å². The van der Waals surface area contributed by atoms with Gasteiger partial charge < -0.3 is 10.8 Å². The number of hydrogen-bond acceptors (Lipinski definition) is 2. The van der Waals surface area contributed by atoms with Crippen molar-refractivity contribution in [3.05, 3.63) is 27.3 Å². The third-order valence-corrected chi connectivity index (χ3v) is 2.35. The maximum Gasteiger partial charge on any atom is 0.0860 e. The van der Waals surface area contributed by atoms with E-state index in [4.69, 9.17) is 5.73 Å². The summed E-state index contributed by atoms with van der Waals surface area (Å²) in [7, 11) is 0. The van der Waals surface area contributed by atoms with Crippen molar-refractivity contribution < 1.29 is 5.11 Å². The standard InChI is InChI=1S/C9H12INO/c1-9(2,12)7-5-6(10)3-4-8(7)11/h3-5,12H,11H2,1-2H3. The van der Waals surface area contributed by atoms with Crippen LogP contribution in [0.3, 0.4) is 0 Å². The summed E-state index contributed by atoms with van der Waals surface area (Å²) in [5.41, 5.74) is 6.28. The molecule has 3 heteroatoms. The van der Waals surface area contributed by atoms with Gasteiger partial charge in [-0.05, 0) is 54.6 Å². The van der Waals surface area contributed by atoms with Crippen LogP contribution < -0.4 is 5.73 Å². The Morgan fingerprint density at radius 2 is 2.00 bits per heavy atom. The van der Waals surface area contributed by atoms with E-state index in [2.05, 4.69) is 22.6 Å². The summed E-state index contributed by atoms with van der Waals surface area (Å²) >= 11 is 2.20. The summed E-state index contributed by atoms with van der Waals surface area (Å²) in [6.07, 6.45) is 0. The zero-order valence-electron chi connectivity index (χ0n) is 7.13. The monoisotopic (exact) mass is 277 g/mol. The molecule has 66 valence electrons. The molecular formula is C9H12INO. The average molecular weight is 277 g/mol. The minimum absolute atomic E-state index is 0.642. The van der Waals surface area contributed by atoms with Gasteiger partial charge in [0, 0.05) is 14.8 Å². The van der Waals surface area contributed by atoms with Crippen LogP contribution in [-0.4, -0.2) is 5.11 Å². The molecule has 0 spiro atoms. The molecule has 0 unspecified atom stereocenters. The molecule has 0 bridgehead atoms. The fourth-order valence-corrected chi connectivity index (χ4v) is 1.55. The van der Waals surface area contributed by atoms with Crippen molar-refractivity contribution in [2.24, 2.45) is 0 Å². The summed E-state index contributed by atoms with van der Waals surface area (Å²) < 4.78 is 1.08. The molecule has 1 aromatic carbocycles. The van der Waals surface area contributed by atoms with E-state index in [9.17, 15) is 5.11 Å². The van der Waals surface area contributed by atoms with E-state index in [1.165, 1.54) is 0 Å². The Bertz CT molecular complexity index is 291. The molecule has 0 fully saturated rings. The second-order valence-corrected chi connectivity index (χ2v) is 4.54. The first-order chi connectivity index (χ1) is 5.41. The van der Waals surface area contributed by atoms with Crippen LogP contribution >= 0.6 is 22.6 Å². The van der Waals surface area contributed by atoms with Gasteiger partial charge in [0.05, 0.1) is 5.60 Å². The highest BCUT2D eigenvalue weighted by Gasteiger charge is 2.18. The van der Waals surface area contributed by atoms with Crippen molar-refractivity contribution in [3.63, 3.8) is 0 Å². The van der Waals surface area contributed by atoms with Crippen molar-refractivity contribution in [2.75, 3.05) is 5.73 Å². The first kappa shape index (κ1) is 9.80. The molecule has 0 radical (unpaired) electrons. The Kier molecular flexibility index (Phi) is 2.63. The predicted octanol–water partition coefficient (Wildman–Crippen LogP) is 2.10. The van der Waals surface area contributed by atoms with Crippen molar-refractivity contribution in [2.45, 2.75) is 19.4 Å². The van der Waals surface area contributed by atoms with E-state index in [0.717, 1.165) is 9.13 Å². The van der Waals surface area contributed by atoms with Crippen molar-refractivity contribution >= 4 is 28.3 Å². The number of rotatable bonds is 1. The van der Waals surface area contributed by atoms with Crippen LogP contribution in [0.25, 0.3) is 0 Å². The lowest BCUT2D eigenvalue weighted by molar-refractivity contribution is 0.0793. The molecule has 0 aliphatic carbocycles. The normalized spacial score (nSPS) is 11.7. The highest BCUT2D eigenvalue weighted by molar-refractivity contribution is 14.1. The van der Waals surface area contributed by atoms with Crippen LogP contribution in [0.4, 0.5) is 5.69 Å². The third-order valence-electron chi connectivity index (χ3n) is 1.67. The lowest BCUT2D eigenvalue weighted by Gasteiger charge is -2.19. The maximum atomic E-state index is 9.71. The Morgan fingerprint density at radius 1 is 1.42 bits per heavy atom. The van der Waals surface area contributed by atoms with E-state index < -0.39 is 5.60 Å². The number of hydrogen-bond donors (Lipinski definition) is 2. The van der Waals surface area contributed by atoms with Gasteiger partial charge in [-0.1, -0.05) is 0 Å². The molecule has 12 heavy (non-hydrogen) atoms. The minimum Gasteiger partial charge on any atom is -0.398 e. The summed E-state index contributed by atoms with van der Waals surface area (Å²) in [5.74, 6) is 0. The SMILES string of the molecule is CC(C)(O)c1cc(I)ccc1N. The van der Waals surface area contributed by atoms with E-state index in [0.29, 0.717) is 5.69 Å². The number of nitrogens with two attached hydrogens (primary N) is 1. The maximum absolute atomic E-state index is 9.71. The zero-order chi connectivity index (χ0) is 9.35. The number of nitrogen functional groups attached to an aromatic ring is 1. The number of aliphatic hydroxyl groups is 1. The highest BCUT2D eigenvalue weighted by Crippen LogP contribution is 2.26. The molecule has 0 saturated carbocycles. The van der Waals surface area contributed by atoms with Gasteiger partial charge in [-0.25, -0.2) is 0 Å². The second-order valence-electron chi connectivity index (χ2n) is 3.29. The molecule has 0 aromatic heterocycles. The van der Waals surface area contributed by atoms with Gasteiger partial charge in [0.2, 0.25) is 0 Å². The van der Waals surface area contributed by atoms with Crippen molar-refractivity contribution in [1.82, 2.24) is 0 Å². The largest absolute Gasteiger partial charge is 0.398 e. The summed E-state index contributed by atoms with van der Waals surface area (Å²) in [6, 6.07) is 5.64. The summed E-state index contributed by atoms with van der Waals surface area (Å²) in [4.78, 5) is 0. The molecule has 1 aromatic rings. The quantitative estimate of drug-likeness (QED) is 0.610. The first-order valence-corrected chi connectivity index (χ1v) is 4.77. The summed E-state index contributed by atoms with van der Waals surface area (Å²) in [6.45, 7) is 3.46. The molecule has 0 saturated heterocycles. The lowest BCUT2D eigenvalue weighted by Crippen LogP contribution is -2.17. The molecule has 1 rings (SSSR count). The second kappa shape index (κ2) is 3.22. The average Bonchev–Trinajstić information content (AvgIpc) is 1.92. The molecule has 3 N–H and O–H groups in total. The Labute approximate surface area is 85.9 Å². The van der Waals surface area contributed by atoms with Gasteiger partial charge in [-0.3, -0.25) is 0 Å². The fraction of sp³-hybridized carbons (Fsp3) is 0.333. The van der Waals surface area contributed by atoms with Crippen LogP contribution in [0.1, 0.15) is 19.4 Å². The predicted molar refractivity (Wildman–Crippen MR) is 58.8 cm³/mol. The van der Waals surface area contributed by atoms with Crippen molar-refractivity contribution in [1.29, 1.82) is 0 Å². The molecule has 0 heterocycles. The van der Waals surface area contributed by atoms with Gasteiger partial charge in [-0.2, -0.15) is 0 Å². The smallest absolute Gasteiger partial charge is 0.0860 e. The van der Waals surface area contributed by atoms with E-state index in [-0.39, 0.29) is 0 Å². The zero-order valence-corrected chi connectivity index (χ0v) is 9.29.